The first-order chi connectivity index (χ1) is 12.0. The van der Waals surface area contributed by atoms with E-state index < -0.39 is 0 Å². The number of carbonyl (C=O) groups excluding carboxylic acids is 2. The van der Waals surface area contributed by atoms with E-state index in [0.717, 1.165) is 22.1 Å². The molecule has 1 aromatic carbocycles. The van der Waals surface area contributed by atoms with Gasteiger partial charge in [-0.15, -0.1) is 0 Å². The third kappa shape index (κ3) is 3.28. The minimum absolute atomic E-state index is 0.137. The van der Waals surface area contributed by atoms with E-state index in [2.05, 4.69) is 15.9 Å². The first-order valence-electron chi connectivity index (χ1n) is 7.88. The highest BCUT2D eigenvalue weighted by Gasteiger charge is 2.41. The number of anilines is 1. The Bertz CT molecular complexity index is 794. The first-order valence-corrected chi connectivity index (χ1v) is 9.90. The lowest BCUT2D eigenvalue weighted by molar-refractivity contribution is -0.123. The van der Waals surface area contributed by atoms with Gasteiger partial charge in [-0.3, -0.25) is 14.5 Å². The van der Waals surface area contributed by atoms with Crippen LogP contribution in [-0.4, -0.2) is 47.8 Å². The molecule has 0 spiro atoms. The fourth-order valence-electron chi connectivity index (χ4n) is 2.89. The summed E-state index contributed by atoms with van der Waals surface area (Å²) in [5.41, 5.74) is 2.06. The summed E-state index contributed by atoms with van der Waals surface area (Å²) in [6.45, 7) is 3.41. The minimum atomic E-state index is -0.223. The average Bonchev–Trinajstić information content (AvgIpc) is 3.00. The molecule has 25 heavy (non-hydrogen) atoms. The van der Waals surface area contributed by atoms with Gasteiger partial charge in [-0.25, -0.2) is 0 Å². The van der Waals surface area contributed by atoms with Gasteiger partial charge in [0, 0.05) is 23.7 Å². The van der Waals surface area contributed by atoms with Crippen LogP contribution in [0, 0.1) is 0 Å². The number of carbonyl (C=O) groups is 2. The predicted molar refractivity (Wildman–Crippen MR) is 107 cm³/mol. The van der Waals surface area contributed by atoms with Crippen LogP contribution in [0.2, 0.25) is 0 Å². The molecule has 2 amide bonds. The Kier molecular flexibility index (Phi) is 5.62. The van der Waals surface area contributed by atoms with Gasteiger partial charge in [0.1, 0.15) is 4.32 Å². The number of halogens is 1. The second-order valence-electron chi connectivity index (χ2n) is 5.64. The van der Waals surface area contributed by atoms with Gasteiger partial charge in [-0.05, 0) is 24.6 Å². The van der Waals surface area contributed by atoms with Crippen molar-refractivity contribution >= 4 is 67.3 Å². The van der Waals surface area contributed by atoms with Crippen molar-refractivity contribution in [1.82, 2.24) is 4.90 Å². The Morgan fingerprint density at radius 3 is 2.64 bits per heavy atom. The van der Waals surface area contributed by atoms with Gasteiger partial charge < -0.3 is 9.64 Å². The Hall–Kier alpha value is -1.22. The van der Waals surface area contributed by atoms with Crippen LogP contribution in [0.4, 0.5) is 5.69 Å². The number of thiocarbonyl (C=S) groups is 1. The Balaban J connectivity index is 2.09. The fourth-order valence-corrected chi connectivity index (χ4v) is 4.63. The normalized spacial score (nSPS) is 20.0. The third-order valence-corrected chi connectivity index (χ3v) is 5.96. The molecule has 1 fully saturated rings. The summed E-state index contributed by atoms with van der Waals surface area (Å²) in [6, 6.07) is 5.70. The van der Waals surface area contributed by atoms with E-state index in [4.69, 9.17) is 17.0 Å². The molecule has 1 aromatic rings. The molecule has 0 saturated carbocycles. The number of nitrogens with zero attached hydrogens (tertiary/aromatic N) is 2. The monoisotopic (exact) mass is 440 g/mol. The summed E-state index contributed by atoms with van der Waals surface area (Å²) >= 11 is 9.98. The van der Waals surface area contributed by atoms with Crippen molar-refractivity contribution in [2.45, 2.75) is 13.3 Å². The third-order valence-electron chi connectivity index (χ3n) is 4.02. The molecule has 0 bridgehead atoms. The summed E-state index contributed by atoms with van der Waals surface area (Å²) < 4.78 is 6.37. The van der Waals surface area contributed by atoms with Crippen molar-refractivity contribution in [3.8, 4) is 0 Å². The second-order valence-corrected chi connectivity index (χ2v) is 8.20. The first kappa shape index (κ1) is 18.6. The lowest BCUT2D eigenvalue weighted by Gasteiger charge is -2.15. The van der Waals surface area contributed by atoms with E-state index in [0.29, 0.717) is 34.5 Å². The van der Waals surface area contributed by atoms with Crippen molar-refractivity contribution in [3.63, 3.8) is 0 Å². The molecule has 0 aliphatic carbocycles. The standard InChI is InChI=1S/C17H17BrN2O3S2/c1-3-6-19-12-5-4-10(18)9-11(12)13(15(19)21)14-16(22)20(7-8-23-2)17(24)25-14/h4-5,9H,3,6-8H2,1-2H3. The number of amides is 2. The molecule has 8 heteroatoms. The Morgan fingerprint density at radius 1 is 1.20 bits per heavy atom. The van der Waals surface area contributed by atoms with Gasteiger partial charge in [0.15, 0.2) is 0 Å². The topological polar surface area (TPSA) is 49.9 Å². The van der Waals surface area contributed by atoms with E-state index in [1.807, 2.05) is 25.1 Å². The molecular weight excluding hydrogens is 424 g/mol. The molecule has 2 aliphatic heterocycles. The zero-order chi connectivity index (χ0) is 18.1. The number of ether oxygens (including phenoxy) is 1. The van der Waals surface area contributed by atoms with Crippen LogP contribution in [0.3, 0.4) is 0 Å². The lowest BCUT2D eigenvalue weighted by Crippen LogP contribution is -2.32. The van der Waals surface area contributed by atoms with E-state index in [1.165, 1.54) is 16.7 Å². The van der Waals surface area contributed by atoms with Crippen LogP contribution in [-0.2, 0) is 14.3 Å². The van der Waals surface area contributed by atoms with Crippen LogP contribution in [0.25, 0.3) is 5.57 Å². The van der Waals surface area contributed by atoms with Crippen LogP contribution in [0.1, 0.15) is 18.9 Å². The van der Waals surface area contributed by atoms with Crippen molar-refractivity contribution in [2.75, 3.05) is 31.7 Å². The molecular formula is C17H17BrN2O3S2. The van der Waals surface area contributed by atoms with Crippen molar-refractivity contribution in [3.05, 3.63) is 33.1 Å². The number of thioether (sulfide) groups is 1. The maximum Gasteiger partial charge on any atom is 0.267 e. The Morgan fingerprint density at radius 2 is 1.96 bits per heavy atom. The summed E-state index contributed by atoms with van der Waals surface area (Å²) in [5, 5.41) is 0. The van der Waals surface area contributed by atoms with Gasteiger partial charge in [0.25, 0.3) is 11.8 Å². The molecule has 0 N–H and O–H groups in total. The Labute approximate surface area is 164 Å². The molecule has 0 radical (unpaired) electrons. The van der Waals surface area contributed by atoms with Gasteiger partial charge in [0.2, 0.25) is 0 Å². The molecule has 2 heterocycles. The summed E-state index contributed by atoms with van der Waals surface area (Å²) in [7, 11) is 1.58. The summed E-state index contributed by atoms with van der Waals surface area (Å²) in [4.78, 5) is 29.5. The largest absolute Gasteiger partial charge is 0.383 e. The second kappa shape index (κ2) is 7.57. The fraction of sp³-hybridized carbons (Fsp3) is 0.353. The SMILES string of the molecule is CCCN1C(=O)C(=C2SC(=S)N(CCOC)C2=O)c2cc(Br)ccc21. The number of hydrogen-bond acceptors (Lipinski definition) is 5. The predicted octanol–water partition coefficient (Wildman–Crippen LogP) is 3.42. The molecule has 132 valence electrons. The lowest BCUT2D eigenvalue weighted by atomic mass is 10.1. The molecule has 1 saturated heterocycles. The number of hydrogen-bond donors (Lipinski definition) is 0. The van der Waals surface area contributed by atoms with Crippen LogP contribution >= 0.6 is 39.9 Å². The molecule has 5 nitrogen and oxygen atoms in total. The number of fused-ring (bicyclic) bond motifs is 1. The van der Waals surface area contributed by atoms with E-state index in [9.17, 15) is 9.59 Å². The maximum absolute atomic E-state index is 13.0. The summed E-state index contributed by atoms with van der Waals surface area (Å²) in [6.07, 6.45) is 0.837. The van der Waals surface area contributed by atoms with Gasteiger partial charge in [-0.1, -0.05) is 46.8 Å². The van der Waals surface area contributed by atoms with Gasteiger partial charge in [-0.2, -0.15) is 0 Å². The zero-order valence-corrected chi connectivity index (χ0v) is 17.1. The zero-order valence-electron chi connectivity index (χ0n) is 13.9. The smallest absolute Gasteiger partial charge is 0.267 e. The average molecular weight is 441 g/mol. The summed E-state index contributed by atoms with van der Waals surface area (Å²) in [5.74, 6) is -0.359. The molecule has 0 unspecified atom stereocenters. The van der Waals surface area contributed by atoms with E-state index in [1.54, 1.807) is 12.0 Å². The highest BCUT2D eigenvalue weighted by molar-refractivity contribution is 9.10. The van der Waals surface area contributed by atoms with Gasteiger partial charge in [0.05, 0.1) is 29.3 Å². The molecule has 2 aliphatic rings. The highest BCUT2D eigenvalue weighted by Crippen LogP contribution is 2.45. The van der Waals surface area contributed by atoms with E-state index in [-0.39, 0.29) is 11.8 Å². The van der Waals surface area contributed by atoms with Crippen LogP contribution < -0.4 is 4.90 Å². The maximum atomic E-state index is 13.0. The highest BCUT2D eigenvalue weighted by atomic mass is 79.9. The number of methoxy groups -OCH3 is 1. The molecule has 0 aromatic heterocycles. The number of benzene rings is 1. The van der Waals surface area contributed by atoms with Crippen molar-refractivity contribution in [2.24, 2.45) is 0 Å². The van der Waals surface area contributed by atoms with Gasteiger partial charge >= 0.3 is 0 Å². The van der Waals surface area contributed by atoms with E-state index >= 15 is 0 Å². The van der Waals surface area contributed by atoms with Crippen LogP contribution in [0.5, 0.6) is 0 Å². The molecule has 3 rings (SSSR count). The van der Waals surface area contributed by atoms with Crippen molar-refractivity contribution in [1.29, 1.82) is 0 Å². The van der Waals surface area contributed by atoms with Crippen LogP contribution in [0.15, 0.2) is 27.6 Å². The van der Waals surface area contributed by atoms with Crippen molar-refractivity contribution < 1.29 is 14.3 Å². The minimum Gasteiger partial charge on any atom is -0.383 e. The molecule has 0 atom stereocenters. The quantitative estimate of drug-likeness (QED) is 0.518. The number of rotatable bonds is 5.